The standard InChI is InChI=1S/C48H30N2S2/c1-2-14-31(15-3-1)34-28-29-42(47-38-21-7-11-26-44(38)52-48(34)47)50(41-24-13-27-45-46(41)37-20-6-10-25-43(37)51-45)33-17-12-16-32(30-33)49-39-22-8-4-18-35(39)36-19-5-9-23-40(36)49/h1-30H. The zero-order valence-corrected chi connectivity index (χ0v) is 29.7. The third kappa shape index (κ3) is 4.42. The molecule has 0 fully saturated rings. The Balaban J connectivity index is 1.25. The van der Waals surface area contributed by atoms with Gasteiger partial charge in [-0.1, -0.05) is 121 Å². The largest absolute Gasteiger partial charge is 0.309 e. The average Bonchev–Trinajstić information content (AvgIpc) is 3.89. The average molecular weight is 699 g/mol. The Morgan fingerprint density at radius 2 is 0.981 bits per heavy atom. The second-order valence-electron chi connectivity index (χ2n) is 13.3. The lowest BCUT2D eigenvalue weighted by atomic mass is 9.99. The molecule has 52 heavy (non-hydrogen) atoms. The van der Waals surface area contributed by atoms with Crippen molar-refractivity contribution in [1.29, 1.82) is 0 Å². The van der Waals surface area contributed by atoms with E-state index in [9.17, 15) is 0 Å². The van der Waals surface area contributed by atoms with Gasteiger partial charge in [0.25, 0.3) is 0 Å². The van der Waals surface area contributed by atoms with Crippen molar-refractivity contribution in [3.8, 4) is 16.8 Å². The van der Waals surface area contributed by atoms with Crippen molar-refractivity contribution in [1.82, 2.24) is 4.57 Å². The Kier molecular flexibility index (Phi) is 6.63. The topological polar surface area (TPSA) is 8.17 Å². The first-order valence-electron chi connectivity index (χ1n) is 17.6. The number of aromatic nitrogens is 1. The Morgan fingerprint density at radius 1 is 0.404 bits per heavy atom. The molecular formula is C48H30N2S2. The Hall–Kier alpha value is -6.20. The van der Waals surface area contributed by atoms with Crippen molar-refractivity contribution in [3.63, 3.8) is 0 Å². The molecule has 0 radical (unpaired) electrons. The molecule has 0 atom stereocenters. The van der Waals surface area contributed by atoms with Crippen LogP contribution in [-0.4, -0.2) is 4.57 Å². The van der Waals surface area contributed by atoms with Gasteiger partial charge in [-0.25, -0.2) is 0 Å². The zero-order valence-electron chi connectivity index (χ0n) is 28.0. The number of hydrogen-bond acceptors (Lipinski definition) is 3. The summed E-state index contributed by atoms with van der Waals surface area (Å²) in [4.78, 5) is 2.52. The van der Waals surface area contributed by atoms with Gasteiger partial charge in [-0.2, -0.15) is 0 Å². The van der Waals surface area contributed by atoms with Gasteiger partial charge in [-0.3, -0.25) is 0 Å². The number of fused-ring (bicyclic) bond motifs is 9. The van der Waals surface area contributed by atoms with Gasteiger partial charge in [-0.15, -0.1) is 22.7 Å². The van der Waals surface area contributed by atoms with E-state index in [-0.39, 0.29) is 0 Å². The highest BCUT2D eigenvalue weighted by Gasteiger charge is 2.24. The molecule has 4 heteroatoms. The SMILES string of the molecule is c1ccc(-c2ccc(N(c3cccc(-n4c5ccccc5c5ccccc54)c3)c3cccc4sc5ccccc5c34)c3c2sc2ccccc23)cc1. The molecular weight excluding hydrogens is 669 g/mol. The number of nitrogens with zero attached hydrogens (tertiary/aromatic N) is 2. The summed E-state index contributed by atoms with van der Waals surface area (Å²) in [7, 11) is 0. The maximum absolute atomic E-state index is 2.52. The van der Waals surface area contributed by atoms with Gasteiger partial charge in [0.2, 0.25) is 0 Å². The van der Waals surface area contributed by atoms with Crippen molar-refractivity contribution in [3.05, 3.63) is 182 Å². The molecule has 3 aromatic heterocycles. The van der Waals surface area contributed by atoms with E-state index in [2.05, 4.69) is 191 Å². The molecule has 0 aliphatic rings. The summed E-state index contributed by atoms with van der Waals surface area (Å²) in [6.45, 7) is 0. The molecule has 0 unspecified atom stereocenters. The maximum Gasteiger partial charge on any atom is 0.0555 e. The lowest BCUT2D eigenvalue weighted by Crippen LogP contribution is -2.11. The number of para-hydroxylation sites is 2. The van der Waals surface area contributed by atoms with Gasteiger partial charge >= 0.3 is 0 Å². The van der Waals surface area contributed by atoms with E-state index < -0.39 is 0 Å². The van der Waals surface area contributed by atoms with Crippen molar-refractivity contribution >= 4 is 102 Å². The van der Waals surface area contributed by atoms with Crippen LogP contribution in [0.25, 0.3) is 79.0 Å². The smallest absolute Gasteiger partial charge is 0.0555 e. The van der Waals surface area contributed by atoms with Gasteiger partial charge in [0.15, 0.2) is 0 Å². The third-order valence-electron chi connectivity index (χ3n) is 10.4. The normalized spacial score (nSPS) is 11.8. The first kappa shape index (κ1) is 29.5. The molecule has 0 amide bonds. The Bertz CT molecular complexity index is 3090. The van der Waals surface area contributed by atoms with Crippen LogP contribution in [0.4, 0.5) is 17.1 Å². The zero-order chi connectivity index (χ0) is 34.2. The number of benzene rings is 8. The lowest BCUT2D eigenvalue weighted by Gasteiger charge is -2.28. The predicted molar refractivity (Wildman–Crippen MR) is 227 cm³/mol. The summed E-state index contributed by atoms with van der Waals surface area (Å²) in [6, 6.07) is 66.6. The van der Waals surface area contributed by atoms with E-state index in [1.54, 1.807) is 0 Å². The highest BCUT2D eigenvalue weighted by atomic mass is 32.1. The van der Waals surface area contributed by atoms with E-state index in [1.165, 1.54) is 84.7 Å². The Morgan fingerprint density at radius 3 is 1.73 bits per heavy atom. The van der Waals surface area contributed by atoms with Gasteiger partial charge in [0.1, 0.15) is 0 Å². The van der Waals surface area contributed by atoms with Gasteiger partial charge < -0.3 is 9.47 Å². The van der Waals surface area contributed by atoms with Gasteiger partial charge in [0, 0.05) is 62.5 Å². The molecule has 244 valence electrons. The van der Waals surface area contributed by atoms with Crippen LogP contribution < -0.4 is 4.90 Å². The predicted octanol–water partition coefficient (Wildman–Crippen LogP) is 14.7. The highest BCUT2D eigenvalue weighted by molar-refractivity contribution is 7.26. The van der Waals surface area contributed by atoms with Gasteiger partial charge in [0.05, 0.1) is 22.4 Å². The van der Waals surface area contributed by atoms with E-state index in [0.717, 1.165) is 11.4 Å². The fraction of sp³-hybridized carbons (Fsp3) is 0. The van der Waals surface area contributed by atoms with Crippen LogP contribution in [0.2, 0.25) is 0 Å². The highest BCUT2D eigenvalue weighted by Crippen LogP contribution is 2.51. The molecule has 11 aromatic rings. The maximum atomic E-state index is 2.52. The molecule has 0 saturated carbocycles. The fourth-order valence-corrected chi connectivity index (χ4v) is 10.6. The van der Waals surface area contributed by atoms with Crippen LogP contribution in [-0.2, 0) is 0 Å². The first-order valence-corrected chi connectivity index (χ1v) is 19.2. The monoisotopic (exact) mass is 698 g/mol. The summed E-state index contributed by atoms with van der Waals surface area (Å²) in [6.07, 6.45) is 0. The number of anilines is 3. The second-order valence-corrected chi connectivity index (χ2v) is 15.4. The summed E-state index contributed by atoms with van der Waals surface area (Å²) >= 11 is 3.75. The van der Waals surface area contributed by atoms with E-state index in [4.69, 9.17) is 0 Å². The van der Waals surface area contributed by atoms with Crippen LogP contribution in [0.15, 0.2) is 182 Å². The van der Waals surface area contributed by atoms with Crippen molar-refractivity contribution in [2.75, 3.05) is 4.90 Å². The quantitative estimate of drug-likeness (QED) is 0.174. The molecule has 8 aromatic carbocycles. The lowest BCUT2D eigenvalue weighted by molar-refractivity contribution is 1.17. The molecule has 3 heterocycles. The van der Waals surface area contributed by atoms with Crippen molar-refractivity contribution < 1.29 is 0 Å². The molecule has 11 rings (SSSR count). The molecule has 0 aliphatic heterocycles. The van der Waals surface area contributed by atoms with Crippen LogP contribution in [0.1, 0.15) is 0 Å². The van der Waals surface area contributed by atoms with Crippen molar-refractivity contribution in [2.45, 2.75) is 0 Å². The van der Waals surface area contributed by atoms with Crippen molar-refractivity contribution in [2.24, 2.45) is 0 Å². The Labute approximate surface area is 308 Å². The third-order valence-corrected chi connectivity index (χ3v) is 12.7. The van der Waals surface area contributed by atoms with Crippen LogP contribution >= 0.6 is 22.7 Å². The summed E-state index contributed by atoms with van der Waals surface area (Å²) in [5.41, 5.74) is 9.51. The fourth-order valence-electron chi connectivity index (χ4n) is 8.16. The van der Waals surface area contributed by atoms with Gasteiger partial charge in [-0.05, 0) is 71.8 Å². The first-order chi connectivity index (χ1) is 25.8. The second kappa shape index (κ2) is 11.7. The molecule has 0 bridgehead atoms. The number of thiophene rings is 2. The minimum Gasteiger partial charge on any atom is -0.309 e. The van der Waals surface area contributed by atoms with Crippen LogP contribution in [0.5, 0.6) is 0 Å². The van der Waals surface area contributed by atoms with E-state index >= 15 is 0 Å². The molecule has 0 aliphatic carbocycles. The summed E-state index contributed by atoms with van der Waals surface area (Å²) < 4.78 is 7.60. The van der Waals surface area contributed by atoms with Crippen LogP contribution in [0, 0.1) is 0 Å². The minimum absolute atomic E-state index is 1.12. The van der Waals surface area contributed by atoms with Crippen LogP contribution in [0.3, 0.4) is 0 Å². The van der Waals surface area contributed by atoms with E-state index in [0.29, 0.717) is 0 Å². The molecule has 0 N–H and O–H groups in total. The number of rotatable bonds is 5. The molecule has 2 nitrogen and oxygen atoms in total. The molecule has 0 spiro atoms. The summed E-state index contributed by atoms with van der Waals surface area (Å²) in [5, 5.41) is 7.65. The van der Waals surface area contributed by atoms with E-state index in [1.807, 2.05) is 22.7 Å². The summed E-state index contributed by atoms with van der Waals surface area (Å²) in [5.74, 6) is 0. The minimum atomic E-state index is 1.12. The molecule has 0 saturated heterocycles. The number of hydrogen-bond donors (Lipinski definition) is 0.